The Bertz CT molecular complexity index is 1380. The number of ether oxygens (including phenoxy) is 1. The Kier molecular flexibility index (Phi) is 7.28. The third kappa shape index (κ3) is 5.76. The number of benzene rings is 2. The van der Waals surface area contributed by atoms with Gasteiger partial charge in [0.05, 0.1) is 16.6 Å². The number of nitrogens with one attached hydrogen (secondary N) is 3. The summed E-state index contributed by atoms with van der Waals surface area (Å²) in [5.74, 6) is 0.346. The predicted molar refractivity (Wildman–Crippen MR) is 137 cm³/mol. The highest BCUT2D eigenvalue weighted by Gasteiger charge is 2.15. The lowest BCUT2D eigenvalue weighted by Gasteiger charge is -2.11. The van der Waals surface area contributed by atoms with Gasteiger partial charge in [0.2, 0.25) is 5.91 Å². The molecule has 0 aliphatic heterocycles. The number of nitrogens with two attached hydrogens (primary N) is 1. The maximum absolute atomic E-state index is 12.1. The number of anilines is 2. The fourth-order valence-corrected chi connectivity index (χ4v) is 3.72. The summed E-state index contributed by atoms with van der Waals surface area (Å²) in [6, 6.07) is 14.4. The first-order chi connectivity index (χ1) is 16.8. The lowest BCUT2D eigenvalue weighted by atomic mass is 10.1. The topological polar surface area (TPSA) is 135 Å². The number of carbonyl (C=O) groups excluding carboxylic acids is 2. The number of aromatic amines is 1. The summed E-state index contributed by atoms with van der Waals surface area (Å²) in [6.07, 6.45) is 1.14. The Morgan fingerprint density at radius 2 is 1.91 bits per heavy atom. The number of imidazole rings is 1. The minimum atomic E-state index is -0.554. The molecule has 2 heterocycles. The summed E-state index contributed by atoms with van der Waals surface area (Å²) in [4.78, 5) is 36.3. The number of nitrogens with zero attached hydrogens (tertiary/aromatic N) is 2. The number of para-hydroxylation sites is 1. The van der Waals surface area contributed by atoms with Crippen LogP contribution in [-0.2, 0) is 9.53 Å². The molecule has 0 unspecified atom stereocenters. The highest BCUT2D eigenvalue weighted by Crippen LogP contribution is 2.32. The van der Waals surface area contributed by atoms with Crippen LogP contribution in [0.5, 0.6) is 0 Å². The molecular weight excluding hydrogens is 468 g/mol. The van der Waals surface area contributed by atoms with Crippen molar-refractivity contribution in [1.29, 1.82) is 0 Å². The van der Waals surface area contributed by atoms with Gasteiger partial charge in [-0.1, -0.05) is 29.8 Å². The molecule has 180 valence electrons. The van der Waals surface area contributed by atoms with E-state index >= 15 is 0 Å². The average Bonchev–Trinajstić information content (AvgIpc) is 3.23. The monoisotopic (exact) mass is 492 g/mol. The van der Waals surface area contributed by atoms with Crippen LogP contribution in [0.1, 0.15) is 20.3 Å². The third-order valence-corrected chi connectivity index (χ3v) is 5.36. The van der Waals surface area contributed by atoms with Gasteiger partial charge in [-0.2, -0.15) is 0 Å². The van der Waals surface area contributed by atoms with Gasteiger partial charge >= 0.3 is 6.09 Å². The van der Waals surface area contributed by atoms with Gasteiger partial charge in [0.15, 0.2) is 5.65 Å². The van der Waals surface area contributed by atoms with Gasteiger partial charge in [-0.3, -0.25) is 10.1 Å². The zero-order valence-corrected chi connectivity index (χ0v) is 20.0. The van der Waals surface area contributed by atoms with E-state index in [0.717, 1.165) is 11.1 Å². The molecule has 5 N–H and O–H groups in total. The number of hydrogen-bond acceptors (Lipinski definition) is 6. The molecule has 0 saturated heterocycles. The second kappa shape index (κ2) is 10.5. The number of H-pyrrole nitrogens is 1. The Morgan fingerprint density at radius 1 is 1.11 bits per heavy atom. The lowest BCUT2D eigenvalue weighted by Crippen LogP contribution is -2.17. The molecule has 35 heavy (non-hydrogen) atoms. The highest BCUT2D eigenvalue weighted by molar-refractivity contribution is 6.33. The number of pyridine rings is 1. The van der Waals surface area contributed by atoms with Crippen molar-refractivity contribution in [2.75, 3.05) is 17.2 Å². The Morgan fingerprint density at radius 3 is 2.69 bits per heavy atom. The van der Waals surface area contributed by atoms with E-state index in [-0.39, 0.29) is 25.0 Å². The van der Waals surface area contributed by atoms with Gasteiger partial charge < -0.3 is 20.8 Å². The average molecular weight is 493 g/mol. The summed E-state index contributed by atoms with van der Waals surface area (Å²) in [6.45, 7) is 3.82. The van der Waals surface area contributed by atoms with Crippen LogP contribution < -0.4 is 16.4 Å². The van der Waals surface area contributed by atoms with Crippen LogP contribution in [-0.4, -0.2) is 39.6 Å². The first-order valence-corrected chi connectivity index (χ1v) is 11.4. The van der Waals surface area contributed by atoms with Crippen molar-refractivity contribution >= 4 is 46.1 Å². The van der Waals surface area contributed by atoms with Crippen molar-refractivity contribution in [3.05, 3.63) is 59.8 Å². The molecule has 4 rings (SSSR count). The second-order valence-corrected chi connectivity index (χ2v) is 8.49. The Balaban J connectivity index is 1.65. The molecule has 2 aromatic heterocycles. The van der Waals surface area contributed by atoms with Gasteiger partial charge in [0.25, 0.3) is 0 Å². The largest absolute Gasteiger partial charge is 0.447 e. The summed E-state index contributed by atoms with van der Waals surface area (Å²) in [5.41, 5.74) is 10.1. The lowest BCUT2D eigenvalue weighted by molar-refractivity contribution is -0.116. The SMILES string of the molecule is CC(C)OC(=O)Nc1ccc(Cl)c(-c2nc3ncc(-c4ccccc4NC(=O)CCN)cc3[nH]2)c1. The van der Waals surface area contributed by atoms with Crippen LogP contribution >= 0.6 is 11.6 Å². The zero-order valence-electron chi connectivity index (χ0n) is 19.3. The molecule has 2 aromatic carbocycles. The van der Waals surface area contributed by atoms with Crippen molar-refractivity contribution in [1.82, 2.24) is 15.0 Å². The number of carbonyl (C=O) groups is 2. The van der Waals surface area contributed by atoms with E-state index in [2.05, 4.69) is 25.6 Å². The van der Waals surface area contributed by atoms with E-state index in [1.165, 1.54) is 0 Å². The number of hydrogen-bond donors (Lipinski definition) is 4. The van der Waals surface area contributed by atoms with E-state index in [1.54, 1.807) is 38.2 Å². The Labute approximate surface area is 207 Å². The maximum atomic E-state index is 12.1. The molecule has 0 atom stereocenters. The first kappa shape index (κ1) is 24.2. The molecule has 2 amide bonds. The van der Waals surface area contributed by atoms with E-state index in [1.807, 2.05) is 30.3 Å². The van der Waals surface area contributed by atoms with Crippen LogP contribution in [0.2, 0.25) is 5.02 Å². The molecule has 0 radical (unpaired) electrons. The molecule has 9 nitrogen and oxygen atoms in total. The molecule has 0 spiro atoms. The second-order valence-electron chi connectivity index (χ2n) is 8.09. The molecule has 10 heteroatoms. The summed E-state index contributed by atoms with van der Waals surface area (Å²) < 4.78 is 5.13. The Hall–Kier alpha value is -3.95. The van der Waals surface area contributed by atoms with Gasteiger partial charge in [0, 0.05) is 47.2 Å². The first-order valence-electron chi connectivity index (χ1n) is 11.1. The fraction of sp³-hybridized carbons (Fsp3) is 0.200. The van der Waals surface area contributed by atoms with E-state index in [9.17, 15) is 9.59 Å². The van der Waals surface area contributed by atoms with E-state index < -0.39 is 6.09 Å². The minimum Gasteiger partial charge on any atom is -0.447 e. The smallest absolute Gasteiger partial charge is 0.411 e. The molecule has 0 saturated carbocycles. The standard InChI is InChI=1S/C25H25ClN6O3/c1-14(2)35-25(34)29-16-7-8-19(26)18(12-16)23-31-21-11-15(13-28-24(21)32-23)17-5-3-4-6-20(17)30-22(33)9-10-27/h3-8,11-14H,9-10,27H2,1-2H3,(H,29,34)(H,30,33)(H,28,31,32). The van der Waals surface area contributed by atoms with Gasteiger partial charge in [-0.15, -0.1) is 0 Å². The normalized spacial score (nSPS) is 11.0. The molecule has 0 bridgehead atoms. The fourth-order valence-electron chi connectivity index (χ4n) is 3.51. The van der Waals surface area contributed by atoms with Crippen LogP contribution in [0.4, 0.5) is 16.2 Å². The zero-order chi connectivity index (χ0) is 24.9. The summed E-state index contributed by atoms with van der Waals surface area (Å²) in [7, 11) is 0. The summed E-state index contributed by atoms with van der Waals surface area (Å²) >= 11 is 6.43. The van der Waals surface area contributed by atoms with Gasteiger partial charge in [-0.05, 0) is 44.2 Å². The van der Waals surface area contributed by atoms with E-state index in [4.69, 9.17) is 22.1 Å². The number of halogens is 1. The van der Waals surface area contributed by atoms with Crippen LogP contribution in [0, 0.1) is 0 Å². The van der Waals surface area contributed by atoms with Crippen molar-refractivity contribution in [3.8, 4) is 22.5 Å². The van der Waals surface area contributed by atoms with Crippen LogP contribution in [0.25, 0.3) is 33.7 Å². The van der Waals surface area contributed by atoms with Crippen molar-refractivity contribution in [2.45, 2.75) is 26.4 Å². The molecular formula is C25H25ClN6O3. The highest BCUT2D eigenvalue weighted by atomic mass is 35.5. The predicted octanol–water partition coefficient (Wildman–Crippen LogP) is 5.19. The number of fused-ring (bicyclic) bond motifs is 1. The van der Waals surface area contributed by atoms with E-state index in [0.29, 0.717) is 38.9 Å². The third-order valence-electron chi connectivity index (χ3n) is 5.03. The number of amides is 2. The van der Waals surface area contributed by atoms with Crippen molar-refractivity contribution < 1.29 is 14.3 Å². The minimum absolute atomic E-state index is 0.154. The number of aromatic nitrogens is 3. The van der Waals surface area contributed by atoms with Crippen LogP contribution in [0.15, 0.2) is 54.7 Å². The number of rotatable bonds is 7. The van der Waals surface area contributed by atoms with Crippen molar-refractivity contribution in [2.24, 2.45) is 5.73 Å². The summed E-state index contributed by atoms with van der Waals surface area (Å²) in [5, 5.41) is 6.04. The molecule has 0 aliphatic carbocycles. The maximum Gasteiger partial charge on any atom is 0.411 e. The molecule has 0 fully saturated rings. The van der Waals surface area contributed by atoms with Gasteiger partial charge in [0.1, 0.15) is 5.82 Å². The van der Waals surface area contributed by atoms with Crippen molar-refractivity contribution in [3.63, 3.8) is 0 Å². The molecule has 0 aliphatic rings. The quantitative estimate of drug-likeness (QED) is 0.280. The molecule has 4 aromatic rings. The van der Waals surface area contributed by atoms with Gasteiger partial charge in [-0.25, -0.2) is 14.8 Å². The van der Waals surface area contributed by atoms with Crippen LogP contribution in [0.3, 0.4) is 0 Å².